The minimum Gasteiger partial charge on any atom is -0.277 e. The third-order valence-corrected chi connectivity index (χ3v) is 2.44. The Kier molecular flexibility index (Phi) is 1.90. The summed E-state index contributed by atoms with van der Waals surface area (Å²) in [4.78, 5) is 8.27. The maximum absolute atomic E-state index is 4.32. The third-order valence-electron chi connectivity index (χ3n) is 1.66. The molecule has 0 fully saturated rings. The van der Waals surface area contributed by atoms with Crippen molar-refractivity contribution in [2.45, 2.75) is 6.04 Å². The first-order chi connectivity index (χ1) is 5.47. The summed E-state index contributed by atoms with van der Waals surface area (Å²) in [6, 6.07) is 4.41. The molecule has 0 amide bonds. The highest BCUT2D eigenvalue weighted by atomic mass is 32.2. The fraction of sp³-hybridized carbons (Fsp3) is 0.250. The summed E-state index contributed by atoms with van der Waals surface area (Å²) in [6.07, 6.45) is 3.63. The highest BCUT2D eigenvalue weighted by Crippen LogP contribution is 2.25. The van der Waals surface area contributed by atoms with E-state index in [0.717, 1.165) is 5.75 Å². The van der Waals surface area contributed by atoms with Gasteiger partial charge in [-0.3, -0.25) is 9.98 Å². The van der Waals surface area contributed by atoms with Crippen molar-refractivity contribution in [3.63, 3.8) is 0 Å². The van der Waals surface area contributed by atoms with Gasteiger partial charge >= 0.3 is 0 Å². The first kappa shape index (κ1) is 6.85. The molecule has 56 valence electrons. The maximum atomic E-state index is 4.32. The van der Waals surface area contributed by atoms with Gasteiger partial charge in [-0.2, -0.15) is 0 Å². The van der Waals surface area contributed by atoms with Crippen LogP contribution in [-0.2, 0) is 0 Å². The molecule has 2 rings (SSSR count). The molecule has 1 aromatic heterocycles. The quantitative estimate of drug-likeness (QED) is 0.633. The molecule has 0 N–H and O–H groups in total. The van der Waals surface area contributed by atoms with E-state index in [9.17, 15) is 0 Å². The van der Waals surface area contributed by atoms with Crippen molar-refractivity contribution >= 4 is 17.3 Å². The van der Waals surface area contributed by atoms with Crippen molar-refractivity contribution in [3.8, 4) is 0 Å². The standard InChI is InChI=1S/C8H8N2S/c1-3-9-4-2-7(1)8-5-11-6-10-8/h1-4,6,8H,5H2. The Morgan fingerprint density at radius 2 is 2.18 bits per heavy atom. The Labute approximate surface area is 69.8 Å². The summed E-state index contributed by atoms with van der Waals surface area (Å²) in [7, 11) is 0. The van der Waals surface area contributed by atoms with Crippen molar-refractivity contribution in [2.24, 2.45) is 4.99 Å². The first-order valence-electron chi connectivity index (χ1n) is 3.50. The van der Waals surface area contributed by atoms with Crippen LogP contribution in [-0.4, -0.2) is 16.3 Å². The van der Waals surface area contributed by atoms with Gasteiger partial charge in [0.25, 0.3) is 0 Å². The van der Waals surface area contributed by atoms with E-state index in [1.165, 1.54) is 5.56 Å². The average Bonchev–Trinajstić information content (AvgIpc) is 2.58. The van der Waals surface area contributed by atoms with E-state index in [4.69, 9.17) is 0 Å². The van der Waals surface area contributed by atoms with E-state index < -0.39 is 0 Å². The van der Waals surface area contributed by atoms with Crippen LogP contribution < -0.4 is 0 Å². The molecule has 0 aliphatic carbocycles. The largest absolute Gasteiger partial charge is 0.277 e. The molecule has 0 radical (unpaired) electrons. The van der Waals surface area contributed by atoms with Crippen LogP contribution in [0.25, 0.3) is 0 Å². The second kappa shape index (κ2) is 3.05. The van der Waals surface area contributed by atoms with E-state index in [0.29, 0.717) is 6.04 Å². The lowest BCUT2D eigenvalue weighted by Crippen LogP contribution is -1.93. The van der Waals surface area contributed by atoms with Gasteiger partial charge in [-0.25, -0.2) is 0 Å². The summed E-state index contributed by atoms with van der Waals surface area (Å²) >= 11 is 1.76. The lowest BCUT2D eigenvalue weighted by Gasteiger charge is -2.03. The zero-order chi connectivity index (χ0) is 7.52. The zero-order valence-electron chi connectivity index (χ0n) is 5.97. The average molecular weight is 164 g/mol. The topological polar surface area (TPSA) is 25.2 Å². The molecular weight excluding hydrogens is 156 g/mol. The molecule has 1 atom stereocenters. The molecule has 1 aromatic rings. The molecule has 11 heavy (non-hydrogen) atoms. The number of hydrogen-bond donors (Lipinski definition) is 0. The van der Waals surface area contributed by atoms with Crippen molar-refractivity contribution in [2.75, 3.05) is 5.75 Å². The predicted molar refractivity (Wildman–Crippen MR) is 47.9 cm³/mol. The molecule has 0 saturated carbocycles. The Bertz CT molecular complexity index is 258. The molecular formula is C8H8N2S. The number of aliphatic imine (C=N–C) groups is 1. The molecule has 2 nitrogen and oxygen atoms in total. The van der Waals surface area contributed by atoms with E-state index >= 15 is 0 Å². The normalized spacial score (nSPS) is 22.4. The molecule has 3 heteroatoms. The Morgan fingerprint density at radius 3 is 2.82 bits per heavy atom. The third kappa shape index (κ3) is 1.43. The highest BCUT2D eigenvalue weighted by molar-refractivity contribution is 8.12. The highest BCUT2D eigenvalue weighted by Gasteiger charge is 2.12. The lowest BCUT2D eigenvalue weighted by molar-refractivity contribution is 0.849. The van der Waals surface area contributed by atoms with Crippen LogP contribution in [0.3, 0.4) is 0 Å². The SMILES string of the molecule is C1=NC(c2ccncc2)CS1. The van der Waals surface area contributed by atoms with Gasteiger partial charge in [-0.1, -0.05) is 0 Å². The lowest BCUT2D eigenvalue weighted by atomic mass is 10.1. The van der Waals surface area contributed by atoms with E-state index in [2.05, 4.69) is 9.98 Å². The Morgan fingerprint density at radius 1 is 1.36 bits per heavy atom. The molecule has 0 spiro atoms. The van der Waals surface area contributed by atoms with Gasteiger partial charge in [0, 0.05) is 18.1 Å². The first-order valence-corrected chi connectivity index (χ1v) is 4.55. The maximum Gasteiger partial charge on any atom is 0.0850 e. The van der Waals surface area contributed by atoms with Crippen molar-refractivity contribution < 1.29 is 0 Å². The van der Waals surface area contributed by atoms with Crippen molar-refractivity contribution in [1.29, 1.82) is 0 Å². The Hall–Kier alpha value is -0.830. The second-order valence-electron chi connectivity index (χ2n) is 2.38. The Balaban J connectivity index is 2.23. The predicted octanol–water partition coefficient (Wildman–Crippen LogP) is 1.90. The summed E-state index contributed by atoms with van der Waals surface area (Å²) in [6.45, 7) is 0. The molecule has 1 aliphatic heterocycles. The van der Waals surface area contributed by atoms with Gasteiger partial charge in [-0.15, -0.1) is 11.8 Å². The molecule has 0 aromatic carbocycles. The van der Waals surface area contributed by atoms with Crippen LogP contribution in [0.2, 0.25) is 0 Å². The van der Waals surface area contributed by atoms with Gasteiger partial charge in [0.15, 0.2) is 0 Å². The monoisotopic (exact) mass is 164 g/mol. The van der Waals surface area contributed by atoms with E-state index in [-0.39, 0.29) is 0 Å². The zero-order valence-corrected chi connectivity index (χ0v) is 6.79. The molecule has 1 aliphatic rings. The smallest absolute Gasteiger partial charge is 0.0850 e. The summed E-state index contributed by atoms with van der Waals surface area (Å²) in [5.41, 5.74) is 3.19. The number of nitrogens with zero attached hydrogens (tertiary/aromatic N) is 2. The number of aromatic nitrogens is 1. The summed E-state index contributed by atoms with van der Waals surface area (Å²) < 4.78 is 0. The van der Waals surface area contributed by atoms with Gasteiger partial charge in [-0.05, 0) is 17.7 Å². The van der Waals surface area contributed by atoms with Gasteiger partial charge < -0.3 is 0 Å². The van der Waals surface area contributed by atoms with Crippen molar-refractivity contribution in [3.05, 3.63) is 30.1 Å². The second-order valence-corrected chi connectivity index (χ2v) is 3.26. The number of pyridine rings is 1. The minimum atomic E-state index is 0.364. The number of hydrogen-bond acceptors (Lipinski definition) is 3. The van der Waals surface area contributed by atoms with Crippen LogP contribution >= 0.6 is 11.8 Å². The van der Waals surface area contributed by atoms with E-state index in [1.807, 2.05) is 30.1 Å². The minimum absolute atomic E-state index is 0.364. The van der Waals surface area contributed by atoms with Crippen molar-refractivity contribution in [1.82, 2.24) is 4.98 Å². The van der Waals surface area contributed by atoms with E-state index in [1.54, 1.807) is 11.8 Å². The number of rotatable bonds is 1. The fourth-order valence-corrected chi connectivity index (χ4v) is 1.84. The molecule has 0 saturated heterocycles. The molecule has 0 bridgehead atoms. The molecule has 1 unspecified atom stereocenters. The molecule has 2 heterocycles. The summed E-state index contributed by atoms with van der Waals surface area (Å²) in [5, 5.41) is 0. The van der Waals surface area contributed by atoms with Crippen LogP contribution in [0.1, 0.15) is 11.6 Å². The summed E-state index contributed by atoms with van der Waals surface area (Å²) in [5.74, 6) is 1.07. The van der Waals surface area contributed by atoms with Gasteiger partial charge in [0.2, 0.25) is 0 Å². The van der Waals surface area contributed by atoms with Crippen LogP contribution in [0.5, 0.6) is 0 Å². The number of thioether (sulfide) groups is 1. The van der Waals surface area contributed by atoms with Crippen LogP contribution in [0.4, 0.5) is 0 Å². The van der Waals surface area contributed by atoms with Gasteiger partial charge in [0.1, 0.15) is 0 Å². The van der Waals surface area contributed by atoms with Crippen LogP contribution in [0, 0.1) is 0 Å². The van der Waals surface area contributed by atoms with Gasteiger partial charge in [0.05, 0.1) is 11.6 Å². The van der Waals surface area contributed by atoms with Crippen LogP contribution in [0.15, 0.2) is 29.5 Å². The fourth-order valence-electron chi connectivity index (χ4n) is 1.06.